The van der Waals surface area contributed by atoms with Crippen LogP contribution in [-0.2, 0) is 0 Å². The van der Waals surface area contributed by atoms with Gasteiger partial charge < -0.3 is 0 Å². The van der Waals surface area contributed by atoms with E-state index in [0.717, 1.165) is 38.9 Å². The van der Waals surface area contributed by atoms with Gasteiger partial charge >= 0.3 is 0 Å². The van der Waals surface area contributed by atoms with Crippen molar-refractivity contribution in [2.75, 3.05) is 0 Å². The van der Waals surface area contributed by atoms with Gasteiger partial charge in [-0.05, 0) is 34.0 Å². The fourth-order valence-electron chi connectivity index (χ4n) is 6.40. The summed E-state index contributed by atoms with van der Waals surface area (Å²) in [5, 5.41) is 8.62. The maximum Gasteiger partial charge on any atom is 0.160 e. The van der Waals surface area contributed by atoms with E-state index in [9.17, 15) is 0 Å². The standard InChI is InChI=1S/C40H24N2S/c1-2-10-27(11-3-1)37-35-22-21-25-9-4-5-12-30(25)38(35)42-40(41-37)28-19-17-26(18-20-28)29-14-8-15-33-31(29)23-24-34-32-13-6-7-16-36(32)43-39(33)34/h1-24H. The molecule has 0 spiro atoms. The molecule has 2 aromatic heterocycles. The van der Waals surface area contributed by atoms with Crippen molar-refractivity contribution in [1.82, 2.24) is 9.97 Å². The molecule has 0 aliphatic rings. The van der Waals surface area contributed by atoms with Crippen LogP contribution in [0.3, 0.4) is 0 Å². The lowest BCUT2D eigenvalue weighted by Crippen LogP contribution is -1.96. The Morgan fingerprint density at radius 1 is 0.395 bits per heavy atom. The number of hydrogen-bond acceptors (Lipinski definition) is 3. The molecule has 0 atom stereocenters. The lowest BCUT2D eigenvalue weighted by molar-refractivity contribution is 1.23. The van der Waals surface area contributed by atoms with E-state index in [1.807, 2.05) is 17.4 Å². The monoisotopic (exact) mass is 564 g/mol. The Balaban J connectivity index is 1.20. The van der Waals surface area contributed by atoms with Crippen LogP contribution in [-0.4, -0.2) is 9.97 Å². The predicted octanol–water partition coefficient (Wildman–Crippen LogP) is 11.3. The molecule has 0 aliphatic carbocycles. The topological polar surface area (TPSA) is 25.8 Å². The van der Waals surface area contributed by atoms with Crippen LogP contribution >= 0.6 is 11.3 Å². The molecule has 0 radical (unpaired) electrons. The highest BCUT2D eigenvalue weighted by Gasteiger charge is 2.15. The van der Waals surface area contributed by atoms with Crippen molar-refractivity contribution in [3.8, 4) is 33.8 Å². The van der Waals surface area contributed by atoms with Crippen molar-refractivity contribution in [3.05, 3.63) is 146 Å². The largest absolute Gasteiger partial charge is 0.227 e. The Labute approximate surface area is 252 Å². The zero-order chi connectivity index (χ0) is 28.3. The summed E-state index contributed by atoms with van der Waals surface area (Å²) in [4.78, 5) is 10.3. The summed E-state index contributed by atoms with van der Waals surface area (Å²) in [6.45, 7) is 0. The highest BCUT2D eigenvalue weighted by molar-refractivity contribution is 7.26. The number of hydrogen-bond donors (Lipinski definition) is 0. The van der Waals surface area contributed by atoms with E-state index in [4.69, 9.17) is 9.97 Å². The fourth-order valence-corrected chi connectivity index (χ4v) is 7.63. The van der Waals surface area contributed by atoms with Gasteiger partial charge in [0.1, 0.15) is 0 Å². The minimum Gasteiger partial charge on any atom is -0.227 e. The van der Waals surface area contributed by atoms with Crippen molar-refractivity contribution < 1.29 is 0 Å². The average Bonchev–Trinajstić information content (AvgIpc) is 3.47. The Bertz CT molecular complexity index is 2490. The number of rotatable bonds is 3. The van der Waals surface area contributed by atoms with Gasteiger partial charge in [0, 0.05) is 47.5 Å². The fraction of sp³-hybridized carbons (Fsp3) is 0. The van der Waals surface area contributed by atoms with Crippen LogP contribution < -0.4 is 0 Å². The second-order valence-corrected chi connectivity index (χ2v) is 12.0. The second-order valence-electron chi connectivity index (χ2n) is 11.0. The molecule has 2 nitrogen and oxygen atoms in total. The zero-order valence-corrected chi connectivity index (χ0v) is 24.0. The Morgan fingerprint density at radius 3 is 1.95 bits per heavy atom. The third-order valence-electron chi connectivity index (χ3n) is 8.49. The quantitative estimate of drug-likeness (QED) is 0.199. The molecule has 0 fully saturated rings. The number of fused-ring (bicyclic) bond motifs is 8. The molecule has 0 unspecified atom stereocenters. The van der Waals surface area contributed by atoms with E-state index in [2.05, 4.69) is 140 Å². The van der Waals surface area contributed by atoms with Gasteiger partial charge in [-0.15, -0.1) is 11.3 Å². The minimum atomic E-state index is 0.735. The lowest BCUT2D eigenvalue weighted by Gasteiger charge is -2.12. The summed E-state index contributed by atoms with van der Waals surface area (Å²) in [7, 11) is 0. The molecule has 0 saturated heterocycles. The molecular weight excluding hydrogens is 541 g/mol. The van der Waals surface area contributed by atoms with Gasteiger partial charge in [0.25, 0.3) is 0 Å². The van der Waals surface area contributed by atoms with Gasteiger partial charge in [-0.2, -0.15) is 0 Å². The summed E-state index contributed by atoms with van der Waals surface area (Å²) in [6.07, 6.45) is 0. The van der Waals surface area contributed by atoms with Crippen LogP contribution in [0.15, 0.2) is 146 Å². The SMILES string of the molecule is c1ccc(-c2nc(-c3ccc(-c4cccc5c4ccc4c6ccccc6sc54)cc3)nc3c2ccc2ccccc23)cc1. The summed E-state index contributed by atoms with van der Waals surface area (Å²) in [5.74, 6) is 0.735. The smallest absolute Gasteiger partial charge is 0.160 e. The minimum absolute atomic E-state index is 0.735. The van der Waals surface area contributed by atoms with Crippen LogP contribution in [0.4, 0.5) is 0 Å². The normalized spacial score (nSPS) is 11.7. The number of thiophene rings is 1. The van der Waals surface area contributed by atoms with Gasteiger partial charge in [0.2, 0.25) is 0 Å². The molecule has 0 amide bonds. The maximum absolute atomic E-state index is 5.16. The van der Waals surface area contributed by atoms with Gasteiger partial charge in [0.15, 0.2) is 5.82 Å². The van der Waals surface area contributed by atoms with E-state index in [0.29, 0.717) is 0 Å². The molecular formula is C40H24N2S. The molecule has 0 aliphatic heterocycles. The Morgan fingerprint density at radius 2 is 1.07 bits per heavy atom. The van der Waals surface area contributed by atoms with E-state index >= 15 is 0 Å². The van der Waals surface area contributed by atoms with Crippen LogP contribution in [0.2, 0.25) is 0 Å². The Hall–Kier alpha value is -5.38. The summed E-state index contributed by atoms with van der Waals surface area (Å²) < 4.78 is 2.68. The van der Waals surface area contributed by atoms with Gasteiger partial charge in [-0.3, -0.25) is 0 Å². The van der Waals surface area contributed by atoms with Crippen LogP contribution in [0, 0.1) is 0 Å². The van der Waals surface area contributed by atoms with Crippen molar-refractivity contribution in [2.24, 2.45) is 0 Å². The van der Waals surface area contributed by atoms with E-state index in [1.54, 1.807) is 0 Å². The third-order valence-corrected chi connectivity index (χ3v) is 9.71. The van der Waals surface area contributed by atoms with Gasteiger partial charge in [-0.25, -0.2) is 9.97 Å². The second kappa shape index (κ2) is 9.59. The third kappa shape index (κ3) is 3.86. The first-order valence-corrected chi connectivity index (χ1v) is 15.3. The average molecular weight is 565 g/mol. The first kappa shape index (κ1) is 24.2. The predicted molar refractivity (Wildman–Crippen MR) is 184 cm³/mol. The first-order chi connectivity index (χ1) is 21.3. The van der Waals surface area contributed by atoms with Crippen molar-refractivity contribution in [3.63, 3.8) is 0 Å². The first-order valence-electron chi connectivity index (χ1n) is 14.5. The van der Waals surface area contributed by atoms with Crippen LogP contribution in [0.1, 0.15) is 0 Å². The molecule has 9 aromatic rings. The molecule has 9 rings (SSSR count). The maximum atomic E-state index is 5.16. The molecule has 0 N–H and O–H groups in total. The number of benzene rings is 7. The van der Waals surface area contributed by atoms with E-state index < -0.39 is 0 Å². The highest BCUT2D eigenvalue weighted by Crippen LogP contribution is 2.41. The summed E-state index contributed by atoms with van der Waals surface area (Å²) >= 11 is 1.88. The van der Waals surface area contributed by atoms with Crippen molar-refractivity contribution in [1.29, 1.82) is 0 Å². The molecule has 200 valence electrons. The number of nitrogens with zero attached hydrogens (tertiary/aromatic N) is 2. The van der Waals surface area contributed by atoms with Crippen molar-refractivity contribution >= 4 is 64.0 Å². The van der Waals surface area contributed by atoms with Gasteiger partial charge in [-0.1, -0.05) is 133 Å². The molecule has 7 aromatic carbocycles. The van der Waals surface area contributed by atoms with E-state index in [-0.39, 0.29) is 0 Å². The molecule has 43 heavy (non-hydrogen) atoms. The zero-order valence-electron chi connectivity index (χ0n) is 23.2. The highest BCUT2D eigenvalue weighted by atomic mass is 32.1. The number of aromatic nitrogens is 2. The Kier molecular flexibility index (Phi) is 5.40. The van der Waals surface area contributed by atoms with E-state index in [1.165, 1.54) is 47.5 Å². The van der Waals surface area contributed by atoms with Crippen molar-refractivity contribution in [2.45, 2.75) is 0 Å². The molecule has 0 saturated carbocycles. The molecule has 0 bridgehead atoms. The molecule has 3 heteroatoms. The summed E-state index contributed by atoms with van der Waals surface area (Å²) in [5.41, 5.74) is 6.45. The van der Waals surface area contributed by atoms with Crippen LogP contribution in [0.5, 0.6) is 0 Å². The van der Waals surface area contributed by atoms with Crippen LogP contribution in [0.25, 0.3) is 86.4 Å². The molecule has 2 heterocycles. The van der Waals surface area contributed by atoms with Gasteiger partial charge in [0.05, 0.1) is 11.2 Å². The summed E-state index contributed by atoms with van der Waals surface area (Å²) in [6, 6.07) is 51.8. The lowest BCUT2D eigenvalue weighted by atomic mass is 9.96.